The number of anilines is 2. The van der Waals surface area contributed by atoms with E-state index in [1.165, 1.54) is 18.7 Å². The van der Waals surface area contributed by atoms with Gasteiger partial charge in [0, 0.05) is 22.6 Å². The summed E-state index contributed by atoms with van der Waals surface area (Å²) in [6, 6.07) is 13.0. The van der Waals surface area contributed by atoms with Crippen LogP contribution in [0.1, 0.15) is 5.69 Å². The Bertz CT molecular complexity index is 1510. The highest BCUT2D eigenvalue weighted by molar-refractivity contribution is 9.10. The van der Waals surface area contributed by atoms with Crippen LogP contribution in [0.15, 0.2) is 76.7 Å². The Kier molecular flexibility index (Phi) is 7.60. The zero-order valence-electron chi connectivity index (χ0n) is 20.5. The standard InChI is InChI=1S/C25H25BrN8O3/c1-32-16-29-25(33(36)37)22(32)14-34(2,3)11-5-8-23(35)30-19-9-10-21-20(13-19)24(28-15-27-21)31-18-7-4-6-17(26)12-18/h4-10,12-13,15-16H,11,14H2,1-3H3,(H-,27,28,30,31,35)/b8-5+. The van der Waals surface area contributed by atoms with Crippen LogP contribution < -0.4 is 10.4 Å². The van der Waals surface area contributed by atoms with E-state index in [1.807, 2.05) is 38.4 Å². The van der Waals surface area contributed by atoms with Crippen LogP contribution in [0, 0.1) is 10.1 Å². The molecule has 1 N–H and O–H groups in total. The first kappa shape index (κ1) is 25.9. The predicted molar refractivity (Wildman–Crippen MR) is 144 cm³/mol. The van der Waals surface area contributed by atoms with E-state index in [2.05, 4.69) is 41.2 Å². The molecule has 0 aliphatic rings. The number of quaternary nitrogens is 1. The van der Waals surface area contributed by atoms with Crippen LogP contribution in [0.25, 0.3) is 10.9 Å². The van der Waals surface area contributed by atoms with Gasteiger partial charge < -0.3 is 29.6 Å². The number of rotatable bonds is 9. The molecular weight excluding hydrogens is 540 g/mol. The van der Waals surface area contributed by atoms with Crippen LogP contribution in [-0.2, 0) is 13.6 Å². The molecule has 4 rings (SSSR count). The van der Waals surface area contributed by atoms with Crippen molar-refractivity contribution >= 4 is 55.7 Å². The molecule has 11 nitrogen and oxygen atoms in total. The summed E-state index contributed by atoms with van der Waals surface area (Å²) < 4.78 is 2.97. The van der Waals surface area contributed by atoms with E-state index in [4.69, 9.17) is 0 Å². The van der Waals surface area contributed by atoms with Crippen molar-refractivity contribution in [3.05, 3.63) is 87.6 Å². The molecule has 0 radical (unpaired) electrons. The summed E-state index contributed by atoms with van der Waals surface area (Å²) in [5.74, 6) is 0.0356. The summed E-state index contributed by atoms with van der Waals surface area (Å²) in [5, 5.41) is 27.8. The average Bonchev–Trinajstić information content (AvgIpc) is 3.19. The van der Waals surface area contributed by atoms with Crippen LogP contribution >= 0.6 is 15.9 Å². The predicted octanol–water partition coefficient (Wildman–Crippen LogP) is 4.00. The maximum Gasteiger partial charge on any atom is 0.390 e. The Morgan fingerprint density at radius 1 is 1.22 bits per heavy atom. The van der Waals surface area contributed by atoms with Gasteiger partial charge in [0.15, 0.2) is 5.69 Å². The number of benzene rings is 2. The maximum atomic E-state index is 12.5. The number of hydrogen-bond acceptors (Lipinski definition) is 8. The minimum atomic E-state index is -0.484. The van der Waals surface area contributed by atoms with Crippen LogP contribution in [0.5, 0.6) is 0 Å². The summed E-state index contributed by atoms with van der Waals surface area (Å²) in [4.78, 5) is 27.5. The molecule has 37 heavy (non-hydrogen) atoms. The normalized spacial score (nSPS) is 12.4. The number of nitrogens with one attached hydrogen (secondary N) is 1. The van der Waals surface area contributed by atoms with E-state index in [0.29, 0.717) is 34.8 Å². The molecule has 2 heterocycles. The molecule has 0 saturated carbocycles. The van der Waals surface area contributed by atoms with E-state index >= 15 is 0 Å². The highest BCUT2D eigenvalue weighted by atomic mass is 79.9. The van der Waals surface area contributed by atoms with Crippen molar-refractivity contribution < 1.29 is 14.5 Å². The smallest absolute Gasteiger partial charge is 0.390 e. The molecule has 2 aromatic heterocycles. The molecule has 0 unspecified atom stereocenters. The Morgan fingerprint density at radius 3 is 2.78 bits per heavy atom. The van der Waals surface area contributed by atoms with Gasteiger partial charge in [-0.3, -0.25) is 4.99 Å². The first-order valence-electron chi connectivity index (χ1n) is 11.3. The molecule has 0 saturated heterocycles. The Balaban J connectivity index is 1.49. The van der Waals surface area contributed by atoms with Crippen LogP contribution in [0.3, 0.4) is 0 Å². The van der Waals surface area contributed by atoms with Crippen LogP contribution in [0.4, 0.5) is 23.0 Å². The summed E-state index contributed by atoms with van der Waals surface area (Å²) in [6.45, 7) is 0.844. The molecule has 12 heteroatoms. The lowest BCUT2D eigenvalue weighted by Gasteiger charge is -2.28. The SMILES string of the molecule is Cn1cnc([N+](=O)[O-])c1C[N+](C)(C)C/C=C/C([O-])=Nc1ccc2ncnc(Nc3cccc(Br)c3)c2c1. The third kappa shape index (κ3) is 6.54. The number of imidazole rings is 1. The number of aryl methyl sites for hydroxylation is 1. The van der Waals surface area contributed by atoms with Crippen molar-refractivity contribution in [1.29, 1.82) is 0 Å². The topological polar surface area (TPSA) is 134 Å². The fourth-order valence-corrected chi connectivity index (χ4v) is 4.17. The number of fused-ring (bicyclic) bond motifs is 1. The summed E-state index contributed by atoms with van der Waals surface area (Å²) in [5.41, 5.74) is 2.57. The quantitative estimate of drug-likeness (QED) is 0.107. The third-order valence-corrected chi connectivity index (χ3v) is 6.09. The summed E-state index contributed by atoms with van der Waals surface area (Å²) in [6.07, 6.45) is 6.04. The second-order valence-electron chi connectivity index (χ2n) is 9.07. The van der Waals surface area contributed by atoms with E-state index in [-0.39, 0.29) is 5.82 Å². The highest BCUT2D eigenvalue weighted by Crippen LogP contribution is 2.28. The molecule has 0 bridgehead atoms. The summed E-state index contributed by atoms with van der Waals surface area (Å²) in [7, 11) is 5.57. The highest BCUT2D eigenvalue weighted by Gasteiger charge is 2.26. The third-order valence-electron chi connectivity index (χ3n) is 5.59. The molecule has 190 valence electrons. The van der Waals surface area contributed by atoms with Crippen molar-refractivity contribution in [2.45, 2.75) is 6.54 Å². The molecule has 0 atom stereocenters. The number of aliphatic imine (C=N–C) groups is 1. The van der Waals surface area contributed by atoms with E-state index in [9.17, 15) is 15.2 Å². The molecule has 0 fully saturated rings. The monoisotopic (exact) mass is 564 g/mol. The number of aromatic nitrogens is 4. The number of halogens is 1. The van der Waals surface area contributed by atoms with Gasteiger partial charge in [-0.05, 0) is 64.4 Å². The van der Waals surface area contributed by atoms with E-state index in [1.54, 1.807) is 35.9 Å². The molecule has 0 aliphatic carbocycles. The number of likely N-dealkylation sites (N-methyl/N-ethyl adjacent to an activating group) is 1. The minimum Gasteiger partial charge on any atom is -0.859 e. The lowest BCUT2D eigenvalue weighted by Crippen LogP contribution is -2.39. The fourth-order valence-electron chi connectivity index (χ4n) is 3.77. The van der Waals surface area contributed by atoms with Crippen LogP contribution in [-0.4, -0.2) is 55.5 Å². The number of nitro groups is 1. The number of nitrogens with zero attached hydrogens (tertiary/aromatic N) is 7. The van der Waals surface area contributed by atoms with Gasteiger partial charge in [0.1, 0.15) is 18.7 Å². The zero-order chi connectivity index (χ0) is 26.6. The minimum absolute atomic E-state index is 0.155. The van der Waals surface area contributed by atoms with Gasteiger partial charge in [0.25, 0.3) is 0 Å². The van der Waals surface area contributed by atoms with Gasteiger partial charge >= 0.3 is 5.82 Å². The van der Waals surface area contributed by atoms with E-state index in [0.717, 1.165) is 21.1 Å². The number of hydrogen-bond donors (Lipinski definition) is 1. The van der Waals surface area contributed by atoms with Crippen LogP contribution in [0.2, 0.25) is 0 Å². The molecule has 2 aromatic carbocycles. The lowest BCUT2D eigenvalue weighted by molar-refractivity contribution is -0.898. The average molecular weight is 565 g/mol. The second kappa shape index (κ2) is 10.8. The van der Waals surface area contributed by atoms with Gasteiger partial charge in [0.05, 0.1) is 31.8 Å². The fraction of sp³-hybridized carbons (Fsp3) is 0.200. The maximum absolute atomic E-state index is 12.5. The largest absolute Gasteiger partial charge is 0.859 e. The molecule has 0 spiro atoms. The lowest BCUT2D eigenvalue weighted by atomic mass is 10.2. The van der Waals surface area contributed by atoms with Crippen molar-refractivity contribution in [3.8, 4) is 0 Å². The van der Waals surface area contributed by atoms with E-state index < -0.39 is 10.8 Å². The van der Waals surface area contributed by atoms with Gasteiger partial charge in [0.2, 0.25) is 6.33 Å². The molecule has 0 aliphatic heterocycles. The van der Waals surface area contributed by atoms with Gasteiger partial charge in [-0.1, -0.05) is 22.0 Å². The van der Waals surface area contributed by atoms with Gasteiger partial charge in [-0.2, -0.15) is 0 Å². The molecular formula is C25H25BrN8O3. The summed E-state index contributed by atoms with van der Waals surface area (Å²) >= 11 is 3.46. The van der Waals surface area contributed by atoms with Crippen molar-refractivity contribution in [1.82, 2.24) is 19.5 Å². The molecule has 0 amide bonds. The first-order chi connectivity index (χ1) is 17.6. The van der Waals surface area contributed by atoms with Gasteiger partial charge in [-0.15, -0.1) is 0 Å². The zero-order valence-corrected chi connectivity index (χ0v) is 22.1. The van der Waals surface area contributed by atoms with Gasteiger partial charge in [-0.25, -0.2) is 9.97 Å². The molecule has 4 aromatic rings. The first-order valence-corrected chi connectivity index (χ1v) is 12.1. The van der Waals surface area contributed by atoms with Crippen molar-refractivity contribution in [2.75, 3.05) is 26.0 Å². The Hall–Kier alpha value is -4.16. The Morgan fingerprint density at radius 2 is 2.03 bits per heavy atom. The second-order valence-corrected chi connectivity index (χ2v) is 9.99. The Labute approximate surface area is 221 Å². The van der Waals surface area contributed by atoms with Crippen molar-refractivity contribution in [2.24, 2.45) is 12.0 Å². The van der Waals surface area contributed by atoms with Crippen molar-refractivity contribution in [3.63, 3.8) is 0 Å².